The lowest BCUT2D eigenvalue weighted by molar-refractivity contribution is -0.0110. The van der Waals surface area contributed by atoms with Gasteiger partial charge in [0.2, 0.25) is 0 Å². The molecule has 0 amide bonds. The van der Waals surface area contributed by atoms with Crippen molar-refractivity contribution in [3.8, 4) is 5.75 Å². The number of hydrogen-bond acceptors (Lipinski definition) is 3. The monoisotopic (exact) mass is 277 g/mol. The quantitative estimate of drug-likeness (QED) is 0.824. The van der Waals surface area contributed by atoms with E-state index in [0.29, 0.717) is 12.6 Å². The molecule has 0 radical (unpaired) electrons. The van der Waals surface area contributed by atoms with Crippen molar-refractivity contribution in [2.24, 2.45) is 0 Å². The van der Waals surface area contributed by atoms with Crippen LogP contribution in [0.2, 0.25) is 0 Å². The topological polar surface area (TPSA) is 30.5 Å². The summed E-state index contributed by atoms with van der Waals surface area (Å²) in [4.78, 5) is 0. The maximum atomic E-state index is 5.83. The van der Waals surface area contributed by atoms with Gasteiger partial charge in [-0.15, -0.1) is 0 Å². The molecule has 1 fully saturated rings. The molecule has 2 rings (SSSR count). The van der Waals surface area contributed by atoms with Crippen LogP contribution < -0.4 is 10.1 Å². The molecule has 2 atom stereocenters. The number of rotatable bonds is 7. The van der Waals surface area contributed by atoms with E-state index in [1.54, 1.807) is 0 Å². The van der Waals surface area contributed by atoms with Gasteiger partial charge >= 0.3 is 0 Å². The average Bonchev–Trinajstić information content (AvgIpc) is 2.52. The van der Waals surface area contributed by atoms with E-state index in [9.17, 15) is 0 Å². The Balaban J connectivity index is 1.84. The minimum atomic E-state index is 0.272. The number of nitrogens with one attached hydrogen (secondary N) is 1. The van der Waals surface area contributed by atoms with E-state index >= 15 is 0 Å². The second-order valence-electron chi connectivity index (χ2n) is 5.39. The standard InChI is InChI=1S/C17H27NO2/c1-3-17(18-4-2)14-8-10-15(11-9-14)20-13-16-7-5-6-12-19-16/h8-11,16-18H,3-7,12-13H2,1-2H3. The van der Waals surface area contributed by atoms with Crippen LogP contribution in [0.3, 0.4) is 0 Å². The molecule has 3 heteroatoms. The fraction of sp³-hybridized carbons (Fsp3) is 0.647. The Bertz CT molecular complexity index is 371. The van der Waals surface area contributed by atoms with E-state index in [4.69, 9.17) is 9.47 Å². The highest BCUT2D eigenvalue weighted by Gasteiger charge is 2.14. The first kappa shape index (κ1) is 15.3. The van der Waals surface area contributed by atoms with E-state index in [2.05, 4.69) is 43.4 Å². The Morgan fingerprint density at radius 1 is 1.25 bits per heavy atom. The molecule has 0 aliphatic carbocycles. The molecule has 1 heterocycles. The summed E-state index contributed by atoms with van der Waals surface area (Å²) < 4.78 is 11.5. The number of ether oxygens (including phenoxy) is 2. The molecule has 0 spiro atoms. The first-order valence-electron chi connectivity index (χ1n) is 7.91. The van der Waals surface area contributed by atoms with Crippen molar-refractivity contribution in [3.05, 3.63) is 29.8 Å². The van der Waals surface area contributed by atoms with Crippen LogP contribution in [0, 0.1) is 0 Å². The summed E-state index contributed by atoms with van der Waals surface area (Å²) >= 11 is 0. The molecular weight excluding hydrogens is 250 g/mol. The SMILES string of the molecule is CCNC(CC)c1ccc(OCC2CCCCO2)cc1. The van der Waals surface area contributed by atoms with Crippen molar-refractivity contribution in [2.75, 3.05) is 19.8 Å². The summed E-state index contributed by atoms with van der Waals surface area (Å²) in [6.45, 7) is 6.90. The van der Waals surface area contributed by atoms with Gasteiger partial charge in [0.1, 0.15) is 12.4 Å². The van der Waals surface area contributed by atoms with Crippen LogP contribution >= 0.6 is 0 Å². The van der Waals surface area contributed by atoms with E-state index in [0.717, 1.165) is 31.7 Å². The van der Waals surface area contributed by atoms with Crippen molar-refractivity contribution >= 4 is 0 Å². The smallest absolute Gasteiger partial charge is 0.119 e. The fourth-order valence-corrected chi connectivity index (χ4v) is 2.67. The van der Waals surface area contributed by atoms with E-state index in [1.165, 1.54) is 18.4 Å². The van der Waals surface area contributed by atoms with Gasteiger partial charge in [0.05, 0.1) is 6.10 Å². The van der Waals surface area contributed by atoms with Crippen LogP contribution in [0.15, 0.2) is 24.3 Å². The molecule has 0 saturated carbocycles. The van der Waals surface area contributed by atoms with Crippen molar-refractivity contribution < 1.29 is 9.47 Å². The Kier molecular flexibility index (Phi) is 6.34. The van der Waals surface area contributed by atoms with Gasteiger partial charge in [-0.25, -0.2) is 0 Å². The number of hydrogen-bond donors (Lipinski definition) is 1. The van der Waals surface area contributed by atoms with Crippen molar-refractivity contribution in [1.29, 1.82) is 0 Å². The summed E-state index contributed by atoms with van der Waals surface area (Å²) in [5.74, 6) is 0.939. The maximum absolute atomic E-state index is 5.83. The minimum Gasteiger partial charge on any atom is -0.491 e. The molecule has 0 bridgehead atoms. The van der Waals surface area contributed by atoms with Gasteiger partial charge in [0.15, 0.2) is 0 Å². The van der Waals surface area contributed by atoms with Gasteiger partial charge in [-0.2, -0.15) is 0 Å². The second kappa shape index (κ2) is 8.28. The normalized spacial score (nSPS) is 20.6. The Morgan fingerprint density at radius 3 is 2.65 bits per heavy atom. The lowest BCUT2D eigenvalue weighted by atomic mass is 10.0. The Hall–Kier alpha value is -1.06. The van der Waals surface area contributed by atoms with Gasteiger partial charge in [0, 0.05) is 12.6 Å². The van der Waals surface area contributed by atoms with Crippen molar-refractivity contribution in [2.45, 2.75) is 51.7 Å². The van der Waals surface area contributed by atoms with Crippen LogP contribution in [-0.2, 0) is 4.74 Å². The van der Waals surface area contributed by atoms with E-state index < -0.39 is 0 Å². The van der Waals surface area contributed by atoms with Crippen molar-refractivity contribution in [1.82, 2.24) is 5.32 Å². The predicted molar refractivity (Wildman–Crippen MR) is 82.2 cm³/mol. The van der Waals surface area contributed by atoms with E-state index in [-0.39, 0.29) is 6.10 Å². The van der Waals surface area contributed by atoms with Crippen LogP contribution in [0.5, 0.6) is 5.75 Å². The van der Waals surface area contributed by atoms with Crippen molar-refractivity contribution in [3.63, 3.8) is 0 Å². The second-order valence-corrected chi connectivity index (χ2v) is 5.39. The molecule has 1 aliphatic heterocycles. The van der Waals surface area contributed by atoms with Crippen LogP contribution in [-0.4, -0.2) is 25.9 Å². The summed E-state index contributed by atoms with van der Waals surface area (Å²) in [5.41, 5.74) is 1.33. The third-order valence-electron chi connectivity index (χ3n) is 3.85. The lowest BCUT2D eigenvalue weighted by Crippen LogP contribution is -2.25. The highest BCUT2D eigenvalue weighted by Crippen LogP contribution is 2.21. The van der Waals surface area contributed by atoms with Crippen LogP contribution in [0.25, 0.3) is 0 Å². The zero-order chi connectivity index (χ0) is 14.2. The minimum absolute atomic E-state index is 0.272. The first-order chi connectivity index (χ1) is 9.83. The van der Waals surface area contributed by atoms with Gasteiger partial charge in [0.25, 0.3) is 0 Å². The highest BCUT2D eigenvalue weighted by molar-refractivity contribution is 5.29. The summed E-state index contributed by atoms with van der Waals surface area (Å²) in [6, 6.07) is 8.90. The molecule has 1 aromatic rings. The lowest BCUT2D eigenvalue weighted by Gasteiger charge is -2.22. The summed E-state index contributed by atoms with van der Waals surface area (Å²) in [5, 5.41) is 3.49. The van der Waals surface area contributed by atoms with Gasteiger partial charge < -0.3 is 14.8 Å². The fourth-order valence-electron chi connectivity index (χ4n) is 2.67. The van der Waals surface area contributed by atoms with E-state index in [1.807, 2.05) is 0 Å². The summed E-state index contributed by atoms with van der Waals surface area (Å²) in [6.07, 6.45) is 4.94. The molecule has 1 N–H and O–H groups in total. The molecule has 3 nitrogen and oxygen atoms in total. The molecule has 112 valence electrons. The van der Waals surface area contributed by atoms with Gasteiger partial charge in [-0.1, -0.05) is 26.0 Å². The maximum Gasteiger partial charge on any atom is 0.119 e. The third kappa shape index (κ3) is 4.50. The molecule has 1 aromatic carbocycles. The van der Waals surface area contributed by atoms with Gasteiger partial charge in [-0.3, -0.25) is 0 Å². The predicted octanol–water partition coefficient (Wildman–Crippen LogP) is 3.70. The van der Waals surface area contributed by atoms with Gasteiger partial charge in [-0.05, 0) is 49.9 Å². The molecule has 2 unspecified atom stereocenters. The highest BCUT2D eigenvalue weighted by atomic mass is 16.5. The average molecular weight is 277 g/mol. The number of benzene rings is 1. The molecular formula is C17H27NO2. The molecule has 0 aromatic heterocycles. The third-order valence-corrected chi connectivity index (χ3v) is 3.85. The zero-order valence-electron chi connectivity index (χ0n) is 12.7. The Morgan fingerprint density at radius 2 is 2.05 bits per heavy atom. The molecule has 1 aliphatic rings. The van der Waals surface area contributed by atoms with Crippen LogP contribution in [0.4, 0.5) is 0 Å². The Labute approximate surface area is 122 Å². The largest absolute Gasteiger partial charge is 0.491 e. The first-order valence-corrected chi connectivity index (χ1v) is 7.91. The summed E-state index contributed by atoms with van der Waals surface area (Å²) in [7, 11) is 0. The molecule has 20 heavy (non-hydrogen) atoms. The van der Waals surface area contributed by atoms with Crippen LogP contribution in [0.1, 0.15) is 51.1 Å². The zero-order valence-corrected chi connectivity index (χ0v) is 12.7. The molecule has 1 saturated heterocycles.